The second-order valence-corrected chi connectivity index (χ2v) is 7.53. The first-order chi connectivity index (χ1) is 13.3. The van der Waals surface area contributed by atoms with Gasteiger partial charge in [0, 0.05) is 38.4 Å². The Hall–Kier alpha value is -2.97. The molecule has 28 heavy (non-hydrogen) atoms. The number of nitrogens with zero attached hydrogens (tertiary/aromatic N) is 3. The van der Waals surface area contributed by atoms with Gasteiger partial charge in [-0.25, -0.2) is 9.18 Å². The Labute approximate surface area is 161 Å². The van der Waals surface area contributed by atoms with Gasteiger partial charge < -0.3 is 15.1 Å². The number of fused-ring (bicyclic) bond motifs is 1. The predicted octanol–water partition coefficient (Wildman–Crippen LogP) is 0.355. The zero-order chi connectivity index (χ0) is 20.0. The van der Waals surface area contributed by atoms with Gasteiger partial charge in [-0.1, -0.05) is 12.1 Å². The standard InChI is InChI=1S/C19H21FN4O4/c1-11(25)23-8-13-7-22(17(27)10-24-16(26)6-21-19(24)28)9-15(13)18(23)12-3-2-4-14(20)5-12/h2-5,13,15,18H,6-10H2,1H3,(H,21,28)/t13-,15-,18-/m1/s1. The summed E-state index contributed by atoms with van der Waals surface area (Å²) in [5.74, 6) is -1.11. The van der Waals surface area contributed by atoms with Gasteiger partial charge in [0.25, 0.3) is 5.91 Å². The number of hydrogen-bond acceptors (Lipinski definition) is 4. The van der Waals surface area contributed by atoms with Crippen LogP contribution < -0.4 is 5.32 Å². The lowest BCUT2D eigenvalue weighted by Gasteiger charge is -2.29. The molecule has 9 heteroatoms. The average Bonchev–Trinajstić information content (AvgIpc) is 3.29. The lowest BCUT2D eigenvalue weighted by Crippen LogP contribution is -2.43. The van der Waals surface area contributed by atoms with Crippen molar-refractivity contribution in [2.75, 3.05) is 32.7 Å². The first-order valence-electron chi connectivity index (χ1n) is 9.24. The smallest absolute Gasteiger partial charge is 0.325 e. The molecule has 3 atom stereocenters. The molecule has 1 aromatic rings. The molecule has 148 valence electrons. The van der Waals surface area contributed by atoms with Crippen LogP contribution in [0.4, 0.5) is 9.18 Å². The molecule has 0 aliphatic carbocycles. The van der Waals surface area contributed by atoms with Crippen molar-refractivity contribution in [3.8, 4) is 0 Å². The second kappa shape index (κ2) is 6.88. The monoisotopic (exact) mass is 388 g/mol. The summed E-state index contributed by atoms with van der Waals surface area (Å²) < 4.78 is 13.8. The number of nitrogens with one attached hydrogen (secondary N) is 1. The normalized spacial score (nSPS) is 26.6. The van der Waals surface area contributed by atoms with Crippen molar-refractivity contribution in [1.82, 2.24) is 20.0 Å². The Morgan fingerprint density at radius 3 is 2.64 bits per heavy atom. The molecule has 0 unspecified atom stereocenters. The summed E-state index contributed by atoms with van der Waals surface area (Å²) in [6.07, 6.45) is 0. The number of halogens is 1. The fraction of sp³-hybridized carbons (Fsp3) is 0.474. The summed E-state index contributed by atoms with van der Waals surface area (Å²) in [6.45, 7) is 2.46. The van der Waals surface area contributed by atoms with Crippen LogP contribution in [-0.2, 0) is 14.4 Å². The summed E-state index contributed by atoms with van der Waals surface area (Å²) >= 11 is 0. The van der Waals surface area contributed by atoms with E-state index in [-0.39, 0.29) is 48.6 Å². The van der Waals surface area contributed by atoms with Crippen molar-refractivity contribution < 1.29 is 23.6 Å². The lowest BCUT2D eigenvalue weighted by atomic mass is 9.89. The molecule has 4 rings (SSSR count). The SMILES string of the molecule is CC(=O)N1C[C@H]2CN(C(=O)CN3C(=O)CNC3=O)C[C@H]2[C@H]1c1cccc(F)c1. The maximum atomic E-state index is 13.8. The van der Waals surface area contributed by atoms with Gasteiger partial charge in [-0.05, 0) is 17.7 Å². The summed E-state index contributed by atoms with van der Waals surface area (Å²) in [4.78, 5) is 52.4. The zero-order valence-electron chi connectivity index (χ0n) is 15.4. The van der Waals surface area contributed by atoms with Gasteiger partial charge in [0.15, 0.2) is 0 Å². The fourth-order valence-electron chi connectivity index (χ4n) is 4.54. The van der Waals surface area contributed by atoms with Crippen molar-refractivity contribution in [2.24, 2.45) is 11.8 Å². The molecule has 1 N–H and O–H groups in total. The van der Waals surface area contributed by atoms with Gasteiger partial charge in [0.1, 0.15) is 12.4 Å². The largest absolute Gasteiger partial charge is 0.340 e. The van der Waals surface area contributed by atoms with E-state index in [1.165, 1.54) is 19.1 Å². The summed E-state index contributed by atoms with van der Waals surface area (Å²) in [6, 6.07) is 5.35. The molecule has 3 aliphatic heterocycles. The molecular weight excluding hydrogens is 367 g/mol. The summed E-state index contributed by atoms with van der Waals surface area (Å²) in [7, 11) is 0. The van der Waals surface area contributed by atoms with E-state index in [1.807, 2.05) is 0 Å². The van der Waals surface area contributed by atoms with E-state index >= 15 is 0 Å². The van der Waals surface area contributed by atoms with Gasteiger partial charge in [0.2, 0.25) is 11.8 Å². The number of hydrogen-bond donors (Lipinski definition) is 1. The van der Waals surface area contributed by atoms with Crippen LogP contribution in [0.5, 0.6) is 0 Å². The molecular formula is C19H21FN4O4. The van der Waals surface area contributed by atoms with Crippen molar-refractivity contribution in [3.05, 3.63) is 35.6 Å². The van der Waals surface area contributed by atoms with Crippen LogP contribution >= 0.6 is 0 Å². The van der Waals surface area contributed by atoms with Crippen molar-refractivity contribution >= 4 is 23.8 Å². The molecule has 3 saturated heterocycles. The maximum absolute atomic E-state index is 13.8. The minimum absolute atomic E-state index is 0.0160. The van der Waals surface area contributed by atoms with Gasteiger partial charge in [0.05, 0.1) is 12.6 Å². The van der Waals surface area contributed by atoms with Crippen LogP contribution in [0.1, 0.15) is 18.5 Å². The number of amides is 5. The molecule has 0 aromatic heterocycles. The van der Waals surface area contributed by atoms with E-state index in [0.29, 0.717) is 25.2 Å². The van der Waals surface area contributed by atoms with Gasteiger partial charge in [-0.15, -0.1) is 0 Å². The van der Waals surface area contributed by atoms with Crippen molar-refractivity contribution in [1.29, 1.82) is 0 Å². The fourth-order valence-corrected chi connectivity index (χ4v) is 4.54. The van der Waals surface area contributed by atoms with E-state index in [9.17, 15) is 23.6 Å². The number of rotatable bonds is 3. The van der Waals surface area contributed by atoms with E-state index in [2.05, 4.69) is 5.32 Å². The van der Waals surface area contributed by atoms with Crippen LogP contribution in [0, 0.1) is 17.7 Å². The molecule has 5 amide bonds. The van der Waals surface area contributed by atoms with E-state index in [4.69, 9.17) is 0 Å². The van der Waals surface area contributed by atoms with Crippen LogP contribution in [0.3, 0.4) is 0 Å². The van der Waals surface area contributed by atoms with Crippen LogP contribution in [-0.4, -0.2) is 71.2 Å². The summed E-state index contributed by atoms with van der Waals surface area (Å²) in [5.41, 5.74) is 0.714. The maximum Gasteiger partial charge on any atom is 0.325 e. The highest BCUT2D eigenvalue weighted by Gasteiger charge is 2.49. The molecule has 3 heterocycles. The molecule has 0 spiro atoms. The molecule has 0 radical (unpaired) electrons. The third-order valence-corrected chi connectivity index (χ3v) is 5.84. The molecule has 0 bridgehead atoms. The number of carbonyl (C=O) groups is 4. The Bertz CT molecular complexity index is 844. The van der Waals surface area contributed by atoms with E-state index < -0.39 is 11.9 Å². The Morgan fingerprint density at radius 1 is 1.21 bits per heavy atom. The number of carbonyl (C=O) groups excluding carboxylic acids is 4. The van der Waals surface area contributed by atoms with Crippen LogP contribution in [0.15, 0.2) is 24.3 Å². The van der Waals surface area contributed by atoms with Crippen molar-refractivity contribution in [3.63, 3.8) is 0 Å². The molecule has 8 nitrogen and oxygen atoms in total. The quantitative estimate of drug-likeness (QED) is 0.757. The minimum Gasteiger partial charge on any atom is -0.340 e. The Balaban J connectivity index is 1.51. The first-order valence-corrected chi connectivity index (χ1v) is 9.24. The van der Waals surface area contributed by atoms with Crippen LogP contribution in [0.2, 0.25) is 0 Å². The second-order valence-electron chi connectivity index (χ2n) is 7.53. The molecule has 3 fully saturated rings. The highest BCUT2D eigenvalue weighted by Crippen LogP contribution is 2.45. The first kappa shape index (κ1) is 18.4. The van der Waals surface area contributed by atoms with Gasteiger partial charge in [-0.2, -0.15) is 0 Å². The third kappa shape index (κ3) is 3.10. The lowest BCUT2D eigenvalue weighted by molar-refractivity contribution is -0.136. The minimum atomic E-state index is -0.557. The van der Waals surface area contributed by atoms with Crippen LogP contribution in [0.25, 0.3) is 0 Å². The van der Waals surface area contributed by atoms with Gasteiger partial charge in [-0.3, -0.25) is 19.3 Å². The third-order valence-electron chi connectivity index (χ3n) is 5.84. The van der Waals surface area contributed by atoms with Crippen molar-refractivity contribution in [2.45, 2.75) is 13.0 Å². The van der Waals surface area contributed by atoms with E-state index in [1.54, 1.807) is 21.9 Å². The molecule has 0 saturated carbocycles. The number of urea groups is 1. The zero-order valence-corrected chi connectivity index (χ0v) is 15.4. The Morgan fingerprint density at radius 2 is 2.00 bits per heavy atom. The topological polar surface area (TPSA) is 90.0 Å². The average molecular weight is 388 g/mol. The highest BCUT2D eigenvalue weighted by atomic mass is 19.1. The number of imide groups is 1. The molecule has 3 aliphatic rings. The summed E-state index contributed by atoms with van der Waals surface area (Å²) in [5, 5.41) is 2.39. The number of benzene rings is 1. The van der Waals surface area contributed by atoms with Gasteiger partial charge >= 0.3 is 6.03 Å². The Kier molecular flexibility index (Phi) is 4.52. The number of likely N-dealkylation sites (tertiary alicyclic amines) is 2. The molecule has 1 aromatic carbocycles. The predicted molar refractivity (Wildman–Crippen MR) is 95.2 cm³/mol. The van der Waals surface area contributed by atoms with E-state index in [0.717, 1.165) is 4.90 Å². The highest BCUT2D eigenvalue weighted by molar-refractivity contribution is 6.04.